The van der Waals surface area contributed by atoms with Gasteiger partial charge in [-0.05, 0) is 18.8 Å². The molecule has 0 radical (unpaired) electrons. The van der Waals surface area contributed by atoms with E-state index in [1.54, 1.807) is 0 Å². The first-order chi connectivity index (χ1) is 9.14. The van der Waals surface area contributed by atoms with Gasteiger partial charge < -0.3 is 5.11 Å². The average Bonchev–Trinajstić information content (AvgIpc) is 2.59. The third kappa shape index (κ3) is 1.58. The van der Waals surface area contributed by atoms with E-state index in [0.29, 0.717) is 4.68 Å². The number of fused-ring (bicyclic) bond motifs is 3. The lowest BCUT2D eigenvalue weighted by molar-refractivity contribution is -0.145. The van der Waals surface area contributed by atoms with Gasteiger partial charge in [-0.15, -0.1) is 0 Å². The first-order valence-corrected chi connectivity index (χ1v) is 5.92. The number of halogens is 5. The summed E-state index contributed by atoms with van der Waals surface area (Å²) in [5.41, 5.74) is -2.76. The van der Waals surface area contributed by atoms with Crippen LogP contribution in [0.2, 0.25) is 0 Å². The smallest absolute Gasteiger partial charge is 0.435 e. The van der Waals surface area contributed by atoms with Gasteiger partial charge in [-0.2, -0.15) is 27.1 Å². The van der Waals surface area contributed by atoms with Gasteiger partial charge in [-0.3, -0.25) is 9.48 Å². The van der Waals surface area contributed by atoms with Crippen molar-refractivity contribution in [3.63, 3.8) is 0 Å². The Hall–Kier alpha value is -1.67. The van der Waals surface area contributed by atoms with Crippen LogP contribution < -0.4 is 0 Å². The Bertz CT molecular complexity index is 592. The standard InChI is InChI=1S/C11H9F5N2O2/c12-10(13)5-2-1-4(5)7-8(11(14,15)16)17-18(9(7)10)3-6(19)20/h4-5H,1-3H2,(H,19,20). The Balaban J connectivity index is 2.21. The summed E-state index contributed by atoms with van der Waals surface area (Å²) in [6.45, 7) is -1.01. The van der Waals surface area contributed by atoms with E-state index in [-0.39, 0.29) is 12.8 Å². The average molecular weight is 296 g/mol. The van der Waals surface area contributed by atoms with Crippen molar-refractivity contribution in [1.29, 1.82) is 0 Å². The number of aliphatic carboxylic acids is 1. The Kier molecular flexibility index (Phi) is 2.47. The number of carbonyl (C=O) groups is 1. The number of rotatable bonds is 2. The van der Waals surface area contributed by atoms with Crippen molar-refractivity contribution in [2.24, 2.45) is 5.92 Å². The topological polar surface area (TPSA) is 55.1 Å². The highest BCUT2D eigenvalue weighted by molar-refractivity contribution is 5.66. The van der Waals surface area contributed by atoms with Crippen LogP contribution in [0.3, 0.4) is 0 Å². The molecule has 9 heteroatoms. The minimum Gasteiger partial charge on any atom is -0.480 e. The maximum atomic E-state index is 14.1. The molecule has 0 bridgehead atoms. The summed E-state index contributed by atoms with van der Waals surface area (Å²) in [6, 6.07) is 0. The molecule has 0 aromatic carbocycles. The minimum atomic E-state index is -4.87. The van der Waals surface area contributed by atoms with Crippen molar-refractivity contribution in [3.05, 3.63) is 17.0 Å². The van der Waals surface area contributed by atoms with Gasteiger partial charge >= 0.3 is 12.1 Å². The van der Waals surface area contributed by atoms with Crippen molar-refractivity contribution in [1.82, 2.24) is 9.78 Å². The second-order valence-corrected chi connectivity index (χ2v) is 5.07. The molecule has 2 unspecified atom stereocenters. The molecule has 2 atom stereocenters. The van der Waals surface area contributed by atoms with Crippen molar-refractivity contribution < 1.29 is 31.9 Å². The van der Waals surface area contributed by atoms with Gasteiger partial charge in [-0.25, -0.2) is 0 Å². The molecule has 2 aliphatic rings. The van der Waals surface area contributed by atoms with E-state index in [2.05, 4.69) is 5.10 Å². The lowest BCUT2D eigenvalue weighted by Crippen LogP contribution is -2.33. The fourth-order valence-corrected chi connectivity index (χ4v) is 3.09. The summed E-state index contributed by atoms with van der Waals surface area (Å²) in [4.78, 5) is 10.6. The zero-order chi connectivity index (χ0) is 14.9. The lowest BCUT2D eigenvalue weighted by Gasteiger charge is -2.34. The van der Waals surface area contributed by atoms with Gasteiger partial charge in [0, 0.05) is 11.5 Å². The molecule has 1 saturated carbocycles. The molecule has 0 amide bonds. The van der Waals surface area contributed by atoms with Crippen molar-refractivity contribution in [2.45, 2.75) is 37.4 Å². The maximum absolute atomic E-state index is 14.1. The molecule has 2 aliphatic carbocycles. The molecular weight excluding hydrogens is 287 g/mol. The number of hydrogen-bond donors (Lipinski definition) is 1. The SMILES string of the molecule is O=C(O)Cn1nc(C(F)(F)F)c2c1C(F)(F)C1CCC21. The molecule has 1 aromatic heterocycles. The predicted molar refractivity (Wildman–Crippen MR) is 54.2 cm³/mol. The minimum absolute atomic E-state index is 0.136. The third-order valence-electron chi connectivity index (χ3n) is 3.97. The first kappa shape index (κ1) is 13.3. The van der Waals surface area contributed by atoms with Crippen LogP contribution in [0.25, 0.3) is 0 Å². The summed E-state index contributed by atoms with van der Waals surface area (Å²) >= 11 is 0. The van der Waals surface area contributed by atoms with Crippen LogP contribution in [-0.4, -0.2) is 20.9 Å². The first-order valence-electron chi connectivity index (χ1n) is 5.92. The monoisotopic (exact) mass is 296 g/mol. The summed E-state index contributed by atoms with van der Waals surface area (Å²) in [7, 11) is 0. The van der Waals surface area contributed by atoms with E-state index in [9.17, 15) is 26.7 Å². The Morgan fingerprint density at radius 3 is 2.50 bits per heavy atom. The largest absolute Gasteiger partial charge is 0.480 e. The van der Waals surface area contributed by atoms with Crippen molar-refractivity contribution >= 4 is 5.97 Å². The van der Waals surface area contributed by atoms with E-state index in [1.807, 2.05) is 0 Å². The number of carboxylic acids is 1. The Morgan fingerprint density at radius 1 is 1.40 bits per heavy atom. The van der Waals surface area contributed by atoms with Gasteiger partial charge in [0.05, 0.1) is 0 Å². The molecule has 1 aromatic rings. The van der Waals surface area contributed by atoms with Crippen molar-refractivity contribution in [3.8, 4) is 0 Å². The molecule has 1 fully saturated rings. The van der Waals surface area contributed by atoms with Crippen LogP contribution in [0.4, 0.5) is 22.0 Å². The molecule has 4 nitrogen and oxygen atoms in total. The molecule has 110 valence electrons. The maximum Gasteiger partial charge on any atom is 0.435 e. The van der Waals surface area contributed by atoms with Gasteiger partial charge in [0.2, 0.25) is 0 Å². The molecule has 1 N–H and O–H groups in total. The van der Waals surface area contributed by atoms with Gasteiger partial charge in [0.15, 0.2) is 5.69 Å². The number of aromatic nitrogens is 2. The van der Waals surface area contributed by atoms with Crippen LogP contribution in [0.5, 0.6) is 0 Å². The van der Waals surface area contributed by atoms with E-state index >= 15 is 0 Å². The van der Waals surface area contributed by atoms with Gasteiger partial charge in [-0.1, -0.05) is 0 Å². The Morgan fingerprint density at radius 2 is 2.05 bits per heavy atom. The summed E-state index contributed by atoms with van der Waals surface area (Å²) in [5.74, 6) is -7.01. The van der Waals surface area contributed by atoms with Crippen LogP contribution in [-0.2, 0) is 23.4 Å². The molecule has 0 saturated heterocycles. The lowest BCUT2D eigenvalue weighted by atomic mass is 9.73. The number of hydrogen-bond acceptors (Lipinski definition) is 2. The summed E-state index contributed by atoms with van der Waals surface area (Å²) in [5, 5.41) is 11.7. The second-order valence-electron chi connectivity index (χ2n) is 5.07. The van der Waals surface area contributed by atoms with Gasteiger partial charge in [0.25, 0.3) is 5.92 Å². The molecule has 20 heavy (non-hydrogen) atoms. The Labute approximate surface area is 109 Å². The highest BCUT2D eigenvalue weighted by atomic mass is 19.4. The zero-order valence-electron chi connectivity index (χ0n) is 9.92. The number of carboxylic acid groups (broad SMARTS) is 1. The zero-order valence-corrected chi connectivity index (χ0v) is 9.92. The fourth-order valence-electron chi connectivity index (χ4n) is 3.09. The predicted octanol–water partition coefficient (Wildman–Crippen LogP) is 2.59. The normalized spacial score (nSPS) is 26.9. The van der Waals surface area contributed by atoms with Crippen LogP contribution in [0.15, 0.2) is 0 Å². The second kappa shape index (κ2) is 3.70. The van der Waals surface area contributed by atoms with Crippen LogP contribution in [0.1, 0.15) is 35.7 Å². The molecule has 3 rings (SSSR count). The number of nitrogens with zero attached hydrogens (tertiary/aromatic N) is 2. The highest BCUT2D eigenvalue weighted by Gasteiger charge is 2.63. The molecular formula is C11H9F5N2O2. The quantitative estimate of drug-likeness (QED) is 0.853. The fraction of sp³-hybridized carbons (Fsp3) is 0.636. The summed E-state index contributed by atoms with van der Waals surface area (Å²) < 4.78 is 67.2. The van der Waals surface area contributed by atoms with Crippen LogP contribution >= 0.6 is 0 Å². The van der Waals surface area contributed by atoms with Crippen LogP contribution in [0, 0.1) is 5.92 Å². The van der Waals surface area contributed by atoms with Gasteiger partial charge in [0.1, 0.15) is 12.2 Å². The van der Waals surface area contributed by atoms with E-state index < -0.39 is 53.4 Å². The molecule has 1 heterocycles. The highest BCUT2D eigenvalue weighted by Crippen LogP contribution is 2.63. The molecule has 0 spiro atoms. The van der Waals surface area contributed by atoms with E-state index in [4.69, 9.17) is 5.11 Å². The van der Waals surface area contributed by atoms with E-state index in [0.717, 1.165) is 0 Å². The van der Waals surface area contributed by atoms with E-state index in [1.165, 1.54) is 0 Å². The third-order valence-corrected chi connectivity index (χ3v) is 3.97. The summed E-state index contributed by atoms with van der Waals surface area (Å²) in [6.07, 6.45) is -4.49. The van der Waals surface area contributed by atoms with Crippen molar-refractivity contribution in [2.75, 3.05) is 0 Å². The number of alkyl halides is 5. The molecule has 0 aliphatic heterocycles.